The Morgan fingerprint density at radius 2 is 1.30 bits per heavy atom. The molecular formula is C8H18PS. The summed E-state index contributed by atoms with van der Waals surface area (Å²) in [6, 6.07) is 0. The minimum Gasteiger partial charge on any atom is -0.0804 e. The van der Waals surface area contributed by atoms with Crippen molar-refractivity contribution in [1.29, 1.82) is 0 Å². The van der Waals surface area contributed by atoms with E-state index in [2.05, 4.69) is 27.7 Å². The van der Waals surface area contributed by atoms with Gasteiger partial charge in [-0.15, -0.1) is 0 Å². The highest BCUT2D eigenvalue weighted by molar-refractivity contribution is 8.05. The molecule has 0 aliphatic rings. The fraction of sp³-hybridized carbons (Fsp3) is 1.00. The molecule has 0 aromatic rings. The van der Waals surface area contributed by atoms with Crippen LogP contribution in [0.15, 0.2) is 0 Å². The highest BCUT2D eigenvalue weighted by atomic mass is 32.4. The third-order valence-electron chi connectivity index (χ3n) is 1.14. The Morgan fingerprint density at radius 3 is 1.50 bits per heavy atom. The van der Waals surface area contributed by atoms with E-state index in [4.69, 9.17) is 11.8 Å². The van der Waals surface area contributed by atoms with Gasteiger partial charge in [-0.1, -0.05) is 46.2 Å². The molecule has 0 heterocycles. The summed E-state index contributed by atoms with van der Waals surface area (Å²) in [5.41, 5.74) is 0. The maximum Gasteiger partial charge on any atom is -0.00572 e. The molecule has 0 fully saturated rings. The van der Waals surface area contributed by atoms with Gasteiger partial charge in [-0.05, 0) is 24.2 Å². The Bertz CT molecular complexity index is 95.8. The summed E-state index contributed by atoms with van der Waals surface area (Å²) >= 11 is 5.35. The van der Waals surface area contributed by atoms with E-state index in [0.29, 0.717) is 0 Å². The van der Waals surface area contributed by atoms with Crippen LogP contribution in [0.5, 0.6) is 0 Å². The van der Waals surface area contributed by atoms with Crippen molar-refractivity contribution in [2.75, 3.05) is 12.3 Å². The van der Waals surface area contributed by atoms with Gasteiger partial charge in [0.1, 0.15) is 0 Å². The van der Waals surface area contributed by atoms with Crippen LogP contribution < -0.4 is 0 Å². The van der Waals surface area contributed by atoms with Crippen LogP contribution in [-0.4, -0.2) is 12.3 Å². The lowest BCUT2D eigenvalue weighted by atomic mass is 10.3. The van der Waals surface area contributed by atoms with E-state index in [1.54, 1.807) is 0 Å². The molecular weight excluding hydrogens is 159 g/mol. The van der Waals surface area contributed by atoms with Crippen LogP contribution in [-0.2, 0) is 11.8 Å². The summed E-state index contributed by atoms with van der Waals surface area (Å²) in [5.74, 6) is 1.59. The normalized spacial score (nSPS) is 11.0. The van der Waals surface area contributed by atoms with Crippen molar-refractivity contribution in [3.8, 4) is 0 Å². The molecule has 0 bridgehead atoms. The van der Waals surface area contributed by atoms with Gasteiger partial charge in [0.15, 0.2) is 0 Å². The predicted molar refractivity (Wildman–Crippen MR) is 53.7 cm³/mol. The molecule has 0 atom stereocenters. The second kappa shape index (κ2) is 5.21. The largest absolute Gasteiger partial charge is 0.0804 e. The van der Waals surface area contributed by atoms with Crippen molar-refractivity contribution in [1.82, 2.24) is 0 Å². The van der Waals surface area contributed by atoms with E-state index in [1.165, 1.54) is 12.3 Å². The Balaban J connectivity index is 3.44. The summed E-state index contributed by atoms with van der Waals surface area (Å²) in [6.45, 7) is 8.93. The SMILES string of the molecule is CC(C)C[P](=S)CC(C)C. The van der Waals surface area contributed by atoms with Gasteiger partial charge in [0.25, 0.3) is 0 Å². The molecule has 0 spiro atoms. The first-order valence-corrected chi connectivity index (χ1v) is 6.67. The first-order valence-electron chi connectivity index (χ1n) is 3.94. The second-order valence-corrected chi connectivity index (χ2v) is 6.88. The molecule has 0 saturated carbocycles. The Kier molecular flexibility index (Phi) is 5.48. The Labute approximate surface area is 70.8 Å². The molecule has 2 heteroatoms. The van der Waals surface area contributed by atoms with E-state index >= 15 is 0 Å². The lowest BCUT2D eigenvalue weighted by molar-refractivity contribution is 0.724. The summed E-state index contributed by atoms with van der Waals surface area (Å²) in [4.78, 5) is 0. The molecule has 61 valence electrons. The van der Waals surface area contributed by atoms with Crippen LogP contribution in [0.25, 0.3) is 0 Å². The lowest BCUT2D eigenvalue weighted by Crippen LogP contribution is -1.96. The van der Waals surface area contributed by atoms with Crippen LogP contribution in [0.3, 0.4) is 0 Å². The number of rotatable bonds is 4. The minimum atomic E-state index is -0.0761. The van der Waals surface area contributed by atoms with E-state index in [9.17, 15) is 0 Å². The van der Waals surface area contributed by atoms with Crippen LogP contribution >= 0.6 is 6.70 Å². The molecule has 0 aromatic carbocycles. The highest BCUT2D eigenvalue weighted by Gasteiger charge is 2.01. The Hall–Kier alpha value is 0.520. The quantitative estimate of drug-likeness (QED) is 0.594. The van der Waals surface area contributed by atoms with Crippen LogP contribution in [0.1, 0.15) is 27.7 Å². The topological polar surface area (TPSA) is 0 Å². The fourth-order valence-corrected chi connectivity index (χ4v) is 4.46. The monoisotopic (exact) mass is 177 g/mol. The van der Waals surface area contributed by atoms with Crippen molar-refractivity contribution in [3.05, 3.63) is 0 Å². The zero-order valence-electron chi connectivity index (χ0n) is 7.42. The van der Waals surface area contributed by atoms with Crippen molar-refractivity contribution in [3.63, 3.8) is 0 Å². The van der Waals surface area contributed by atoms with Gasteiger partial charge in [-0.2, -0.15) is 0 Å². The fourth-order valence-electron chi connectivity index (χ4n) is 0.889. The van der Waals surface area contributed by atoms with E-state index in [-0.39, 0.29) is 6.70 Å². The van der Waals surface area contributed by atoms with Gasteiger partial charge in [-0.25, -0.2) is 0 Å². The van der Waals surface area contributed by atoms with Crippen molar-refractivity contribution < 1.29 is 0 Å². The zero-order chi connectivity index (χ0) is 8.15. The average Bonchev–Trinajstić information content (AvgIpc) is 1.58. The highest BCUT2D eigenvalue weighted by Crippen LogP contribution is 2.26. The van der Waals surface area contributed by atoms with Crippen LogP contribution in [0.4, 0.5) is 0 Å². The van der Waals surface area contributed by atoms with Gasteiger partial charge < -0.3 is 0 Å². The van der Waals surface area contributed by atoms with Gasteiger partial charge in [0.05, 0.1) is 0 Å². The van der Waals surface area contributed by atoms with Gasteiger partial charge >= 0.3 is 0 Å². The first kappa shape index (κ1) is 10.5. The zero-order valence-corrected chi connectivity index (χ0v) is 9.14. The number of hydrogen-bond acceptors (Lipinski definition) is 1. The average molecular weight is 177 g/mol. The maximum atomic E-state index is 5.35. The molecule has 0 amide bonds. The second-order valence-electron chi connectivity index (χ2n) is 3.63. The van der Waals surface area contributed by atoms with Gasteiger partial charge in [0.2, 0.25) is 0 Å². The maximum absolute atomic E-state index is 5.35. The molecule has 0 rings (SSSR count). The van der Waals surface area contributed by atoms with Gasteiger partial charge in [0, 0.05) is 0 Å². The first-order chi connectivity index (χ1) is 4.52. The van der Waals surface area contributed by atoms with Crippen LogP contribution in [0, 0.1) is 11.8 Å². The molecule has 0 aliphatic carbocycles. The van der Waals surface area contributed by atoms with Crippen molar-refractivity contribution in [2.45, 2.75) is 27.7 Å². The summed E-state index contributed by atoms with van der Waals surface area (Å²) in [7, 11) is 0. The standard InChI is InChI=1S/C8H18PS/c1-7(2)5-9(10)6-8(3)4/h7-8H,5-6H2,1-4H3. The summed E-state index contributed by atoms with van der Waals surface area (Å²) in [6.07, 6.45) is 2.53. The molecule has 1 radical (unpaired) electrons. The third-order valence-corrected chi connectivity index (χ3v) is 4.31. The molecule has 0 saturated heterocycles. The minimum absolute atomic E-state index is 0.0761. The van der Waals surface area contributed by atoms with Crippen molar-refractivity contribution >= 4 is 18.5 Å². The van der Waals surface area contributed by atoms with E-state index < -0.39 is 0 Å². The van der Waals surface area contributed by atoms with Gasteiger partial charge in [-0.3, -0.25) is 0 Å². The van der Waals surface area contributed by atoms with E-state index in [1.807, 2.05) is 0 Å². The third kappa shape index (κ3) is 6.64. The van der Waals surface area contributed by atoms with Crippen LogP contribution in [0.2, 0.25) is 0 Å². The van der Waals surface area contributed by atoms with Crippen molar-refractivity contribution in [2.24, 2.45) is 11.8 Å². The molecule has 0 aromatic heterocycles. The molecule has 0 aliphatic heterocycles. The molecule has 0 unspecified atom stereocenters. The summed E-state index contributed by atoms with van der Waals surface area (Å²) < 4.78 is 0. The van der Waals surface area contributed by atoms with E-state index in [0.717, 1.165) is 11.8 Å². The Morgan fingerprint density at radius 1 is 1.00 bits per heavy atom. The summed E-state index contributed by atoms with van der Waals surface area (Å²) in [5, 5.41) is 0. The number of hydrogen-bond donors (Lipinski definition) is 0. The predicted octanol–water partition coefficient (Wildman–Crippen LogP) is 3.24. The molecule has 0 N–H and O–H groups in total. The smallest absolute Gasteiger partial charge is 0.00572 e. The lowest BCUT2D eigenvalue weighted by Gasteiger charge is -2.09. The molecule has 0 nitrogen and oxygen atoms in total. The molecule has 10 heavy (non-hydrogen) atoms.